The molecule has 5 nitrogen and oxygen atoms in total. The van der Waals surface area contributed by atoms with Crippen LogP contribution in [0.5, 0.6) is 0 Å². The molecule has 22 heavy (non-hydrogen) atoms. The van der Waals surface area contributed by atoms with Crippen LogP contribution in [0.1, 0.15) is 38.7 Å². The van der Waals surface area contributed by atoms with Gasteiger partial charge in [-0.2, -0.15) is 0 Å². The molecule has 122 valence electrons. The highest BCUT2D eigenvalue weighted by Crippen LogP contribution is 2.21. The summed E-state index contributed by atoms with van der Waals surface area (Å²) in [4.78, 5) is 25.4. The summed E-state index contributed by atoms with van der Waals surface area (Å²) in [7, 11) is 0. The molecule has 1 heterocycles. The van der Waals surface area contributed by atoms with Gasteiger partial charge in [-0.15, -0.1) is 12.4 Å². The number of carbonyl (C=O) groups excluding carboxylic acids is 2. The largest absolute Gasteiger partial charge is 0.350 e. The van der Waals surface area contributed by atoms with E-state index < -0.39 is 5.54 Å². The van der Waals surface area contributed by atoms with Crippen LogP contribution in [0.4, 0.5) is 5.69 Å². The zero-order valence-electron chi connectivity index (χ0n) is 13.1. The number of anilines is 1. The number of rotatable bonds is 4. The van der Waals surface area contributed by atoms with Gasteiger partial charge >= 0.3 is 0 Å². The highest BCUT2D eigenvalue weighted by Gasteiger charge is 2.21. The average Bonchev–Trinajstić information content (AvgIpc) is 2.45. The van der Waals surface area contributed by atoms with Gasteiger partial charge in [0.05, 0.1) is 5.54 Å². The van der Waals surface area contributed by atoms with Gasteiger partial charge in [0.1, 0.15) is 0 Å². The molecule has 1 saturated heterocycles. The molecule has 0 saturated carbocycles. The van der Waals surface area contributed by atoms with Gasteiger partial charge in [0.25, 0.3) is 0 Å². The van der Waals surface area contributed by atoms with E-state index in [4.69, 9.17) is 5.73 Å². The van der Waals surface area contributed by atoms with Gasteiger partial charge in [0, 0.05) is 25.2 Å². The van der Waals surface area contributed by atoms with Crippen LogP contribution in [-0.4, -0.2) is 23.9 Å². The van der Waals surface area contributed by atoms with E-state index in [1.165, 1.54) is 0 Å². The second-order valence-electron chi connectivity index (χ2n) is 6.07. The van der Waals surface area contributed by atoms with Gasteiger partial charge < -0.3 is 16.0 Å². The van der Waals surface area contributed by atoms with Crippen molar-refractivity contribution in [2.45, 2.75) is 45.2 Å². The number of hydrogen-bond acceptors (Lipinski definition) is 3. The number of halogens is 1. The zero-order chi connectivity index (χ0) is 15.5. The summed E-state index contributed by atoms with van der Waals surface area (Å²) in [6, 6.07) is 7.72. The Morgan fingerprint density at radius 2 is 1.91 bits per heavy atom. The van der Waals surface area contributed by atoms with Crippen molar-refractivity contribution in [2.75, 3.05) is 11.4 Å². The first-order valence-corrected chi connectivity index (χ1v) is 7.34. The predicted molar refractivity (Wildman–Crippen MR) is 90.0 cm³/mol. The molecule has 0 bridgehead atoms. The van der Waals surface area contributed by atoms with Crippen molar-refractivity contribution >= 4 is 29.9 Å². The lowest BCUT2D eigenvalue weighted by atomic mass is 10.1. The normalized spacial score (nSPS) is 15.2. The van der Waals surface area contributed by atoms with Crippen LogP contribution in [0.25, 0.3) is 0 Å². The van der Waals surface area contributed by atoms with E-state index in [2.05, 4.69) is 5.32 Å². The fourth-order valence-corrected chi connectivity index (χ4v) is 2.28. The molecule has 0 radical (unpaired) electrons. The molecule has 1 aromatic rings. The van der Waals surface area contributed by atoms with Gasteiger partial charge in [-0.1, -0.05) is 12.1 Å². The number of carbonyl (C=O) groups is 2. The second-order valence-corrected chi connectivity index (χ2v) is 6.07. The van der Waals surface area contributed by atoms with Gasteiger partial charge in [0.2, 0.25) is 11.8 Å². The van der Waals surface area contributed by atoms with Gasteiger partial charge in [0.15, 0.2) is 0 Å². The monoisotopic (exact) mass is 325 g/mol. The van der Waals surface area contributed by atoms with Gasteiger partial charge in [-0.05, 0) is 44.4 Å². The molecule has 0 spiro atoms. The van der Waals surface area contributed by atoms with Crippen molar-refractivity contribution < 1.29 is 9.59 Å². The summed E-state index contributed by atoms with van der Waals surface area (Å²) in [6.45, 7) is 4.57. The summed E-state index contributed by atoms with van der Waals surface area (Å²) < 4.78 is 0. The molecule has 0 aromatic heterocycles. The molecule has 1 aliphatic rings. The van der Waals surface area contributed by atoms with Crippen molar-refractivity contribution in [2.24, 2.45) is 5.73 Å². The second kappa shape index (κ2) is 7.61. The fraction of sp³-hybridized carbons (Fsp3) is 0.500. The molecule has 1 fully saturated rings. The number of amides is 2. The lowest BCUT2D eigenvalue weighted by Crippen LogP contribution is -2.48. The lowest BCUT2D eigenvalue weighted by Gasteiger charge is -2.27. The SMILES string of the molecule is CC(C)(N)C(=O)NCc1ccc(N2CCCCC2=O)cc1.Cl. The molecule has 0 aliphatic carbocycles. The molecule has 2 rings (SSSR count). The van der Waals surface area contributed by atoms with E-state index in [1.807, 2.05) is 29.2 Å². The van der Waals surface area contributed by atoms with Crippen LogP contribution in [0.15, 0.2) is 24.3 Å². The summed E-state index contributed by atoms with van der Waals surface area (Å²) >= 11 is 0. The Kier molecular flexibility index (Phi) is 6.38. The van der Waals surface area contributed by atoms with Crippen LogP contribution in [0.3, 0.4) is 0 Å². The summed E-state index contributed by atoms with van der Waals surface area (Å²) in [5.41, 5.74) is 6.76. The average molecular weight is 326 g/mol. The first-order valence-electron chi connectivity index (χ1n) is 7.34. The minimum atomic E-state index is -0.875. The van der Waals surface area contributed by atoms with Crippen molar-refractivity contribution in [3.8, 4) is 0 Å². The first kappa shape index (κ1) is 18.5. The third-order valence-electron chi connectivity index (χ3n) is 3.61. The van der Waals surface area contributed by atoms with Crippen LogP contribution in [-0.2, 0) is 16.1 Å². The van der Waals surface area contributed by atoms with Crippen LogP contribution < -0.4 is 16.0 Å². The molecular weight excluding hydrogens is 302 g/mol. The summed E-state index contributed by atoms with van der Waals surface area (Å²) in [5, 5.41) is 2.80. The van der Waals surface area contributed by atoms with Crippen molar-refractivity contribution in [1.82, 2.24) is 5.32 Å². The number of benzene rings is 1. The Balaban J connectivity index is 0.00000242. The van der Waals surface area contributed by atoms with E-state index in [0.29, 0.717) is 13.0 Å². The summed E-state index contributed by atoms with van der Waals surface area (Å²) in [6.07, 6.45) is 2.66. The number of nitrogens with two attached hydrogens (primary N) is 1. The van der Waals surface area contributed by atoms with E-state index in [0.717, 1.165) is 30.6 Å². The molecule has 0 unspecified atom stereocenters. The quantitative estimate of drug-likeness (QED) is 0.888. The minimum absolute atomic E-state index is 0. The first-order chi connectivity index (χ1) is 9.88. The third kappa shape index (κ3) is 4.71. The van der Waals surface area contributed by atoms with Crippen molar-refractivity contribution in [3.63, 3.8) is 0 Å². The molecule has 6 heteroatoms. The maximum absolute atomic E-state index is 11.9. The number of nitrogens with zero attached hydrogens (tertiary/aromatic N) is 1. The molecule has 3 N–H and O–H groups in total. The molecule has 1 aliphatic heterocycles. The van der Waals surface area contributed by atoms with E-state index in [9.17, 15) is 9.59 Å². The number of nitrogens with one attached hydrogen (secondary N) is 1. The highest BCUT2D eigenvalue weighted by atomic mass is 35.5. The molecular formula is C16H24ClN3O2. The third-order valence-corrected chi connectivity index (χ3v) is 3.61. The van der Waals surface area contributed by atoms with E-state index in [-0.39, 0.29) is 24.2 Å². The van der Waals surface area contributed by atoms with Crippen molar-refractivity contribution in [3.05, 3.63) is 29.8 Å². The Bertz CT molecular complexity index is 523. The lowest BCUT2D eigenvalue weighted by molar-refractivity contribution is -0.125. The van der Waals surface area contributed by atoms with Crippen LogP contribution in [0, 0.1) is 0 Å². The zero-order valence-corrected chi connectivity index (χ0v) is 13.9. The smallest absolute Gasteiger partial charge is 0.239 e. The Labute approximate surface area is 137 Å². The van der Waals surface area contributed by atoms with Gasteiger partial charge in [-0.3, -0.25) is 9.59 Å². The highest BCUT2D eigenvalue weighted by molar-refractivity contribution is 5.94. The Morgan fingerprint density at radius 3 is 2.45 bits per heavy atom. The van der Waals surface area contributed by atoms with E-state index in [1.54, 1.807) is 13.8 Å². The predicted octanol–water partition coefficient (Wildman–Crippen LogP) is 1.98. The minimum Gasteiger partial charge on any atom is -0.350 e. The topological polar surface area (TPSA) is 75.4 Å². The summed E-state index contributed by atoms with van der Waals surface area (Å²) in [5.74, 6) is 0.00460. The molecule has 2 amide bonds. The molecule has 1 aromatic carbocycles. The fourth-order valence-electron chi connectivity index (χ4n) is 2.28. The maximum Gasteiger partial charge on any atom is 0.239 e. The Morgan fingerprint density at radius 1 is 1.27 bits per heavy atom. The standard InChI is InChI=1S/C16H23N3O2.ClH/c1-16(2,17)15(21)18-11-12-6-8-13(9-7-12)19-10-4-3-5-14(19)20;/h6-9H,3-5,10-11,17H2,1-2H3,(H,18,21);1H. The molecule has 0 atom stereocenters. The van der Waals surface area contributed by atoms with Gasteiger partial charge in [-0.25, -0.2) is 0 Å². The van der Waals surface area contributed by atoms with Crippen LogP contribution in [0.2, 0.25) is 0 Å². The number of piperidine rings is 1. The Hall–Kier alpha value is -1.59. The van der Waals surface area contributed by atoms with Crippen molar-refractivity contribution in [1.29, 1.82) is 0 Å². The maximum atomic E-state index is 11.9. The number of hydrogen-bond donors (Lipinski definition) is 2. The van der Waals surface area contributed by atoms with E-state index >= 15 is 0 Å². The van der Waals surface area contributed by atoms with Crippen LogP contribution >= 0.6 is 12.4 Å².